The highest BCUT2D eigenvalue weighted by Crippen LogP contribution is 2.42. The zero-order valence-corrected chi connectivity index (χ0v) is 32.3. The number of hydrogen-bond donors (Lipinski definition) is 7. The van der Waals surface area contributed by atoms with E-state index in [0.29, 0.717) is 24.8 Å². The number of benzene rings is 3. The summed E-state index contributed by atoms with van der Waals surface area (Å²) in [7, 11) is -2.24. The number of fused-ring (bicyclic) bond motifs is 2. The fourth-order valence-corrected chi connectivity index (χ4v) is 9.51. The summed E-state index contributed by atoms with van der Waals surface area (Å²) < 4.78 is 43.9. The molecule has 0 heterocycles. The summed E-state index contributed by atoms with van der Waals surface area (Å²) >= 11 is 0. The Morgan fingerprint density at radius 1 is 0.732 bits per heavy atom. The van der Waals surface area contributed by atoms with E-state index in [1.165, 1.54) is 37.4 Å². The van der Waals surface area contributed by atoms with Crippen LogP contribution in [0.15, 0.2) is 53.4 Å². The van der Waals surface area contributed by atoms with Gasteiger partial charge in [0.05, 0.1) is 58.9 Å². The standard InChI is InChI=1S/C41H50O14S/c1-20-25(17-31(40(50)35(20)45)55-41-21(2)34(44)30(53-3)16-24(41)18-42)19-54-14-15-56(51,52)26-9-5-22(6-10-26)4-7-23-8-11-27-32(36(23)46)37(47)28-12-13-29(43)39(49)33(28)38(27)48/h5-6,8-13,20-21,24-25,30-31,34-35,40-46,49-50H,4,7,14-19H2,1-3H3. The number of ether oxygens (including phenoxy) is 3. The molecule has 3 aromatic rings. The maximum atomic E-state index is 13.2. The lowest BCUT2D eigenvalue weighted by Crippen LogP contribution is -2.57. The third-order valence-electron chi connectivity index (χ3n) is 12.0. The van der Waals surface area contributed by atoms with Crippen molar-refractivity contribution in [3.8, 4) is 17.2 Å². The van der Waals surface area contributed by atoms with Crippen LogP contribution in [0.2, 0.25) is 0 Å². The van der Waals surface area contributed by atoms with E-state index < -0.39 is 75.4 Å². The van der Waals surface area contributed by atoms with Crippen LogP contribution in [0.25, 0.3) is 0 Å². The molecule has 3 aliphatic carbocycles. The van der Waals surface area contributed by atoms with Gasteiger partial charge >= 0.3 is 0 Å². The molecular weight excluding hydrogens is 749 g/mol. The molecule has 304 valence electrons. The molecular formula is C41H50O14S. The summed E-state index contributed by atoms with van der Waals surface area (Å²) in [5.74, 6) is -4.63. The normalized spacial score (nSPS) is 29.2. The van der Waals surface area contributed by atoms with Crippen molar-refractivity contribution in [2.24, 2.45) is 23.7 Å². The number of hydrogen-bond acceptors (Lipinski definition) is 14. The highest BCUT2D eigenvalue weighted by molar-refractivity contribution is 7.91. The Labute approximate surface area is 325 Å². The number of carbonyl (C=O) groups excluding carboxylic acids is 2. The lowest BCUT2D eigenvalue weighted by molar-refractivity contribution is -0.216. The molecule has 3 aliphatic rings. The zero-order chi connectivity index (χ0) is 40.6. The first kappa shape index (κ1) is 41.7. The van der Waals surface area contributed by atoms with Crippen LogP contribution in [0.1, 0.15) is 69.7 Å². The monoisotopic (exact) mass is 798 g/mol. The predicted molar refractivity (Wildman–Crippen MR) is 201 cm³/mol. The van der Waals surface area contributed by atoms with Gasteiger partial charge < -0.3 is 50.0 Å². The molecule has 15 heteroatoms. The summed E-state index contributed by atoms with van der Waals surface area (Å²) in [5, 5.41) is 73.6. The van der Waals surface area contributed by atoms with E-state index in [9.17, 15) is 53.8 Å². The number of ketones is 2. The Balaban J connectivity index is 1.02. The molecule has 10 unspecified atom stereocenters. The minimum Gasteiger partial charge on any atom is -0.507 e. The molecule has 0 amide bonds. The van der Waals surface area contributed by atoms with Crippen molar-refractivity contribution in [2.45, 2.75) is 81.1 Å². The summed E-state index contributed by atoms with van der Waals surface area (Å²) in [5.41, 5.74) is 0.445. The minimum atomic E-state index is -3.74. The summed E-state index contributed by atoms with van der Waals surface area (Å²) in [6.07, 6.45) is -3.65. The van der Waals surface area contributed by atoms with E-state index in [4.69, 9.17) is 14.2 Å². The van der Waals surface area contributed by atoms with Gasteiger partial charge in [0.2, 0.25) is 0 Å². The maximum absolute atomic E-state index is 13.2. The number of methoxy groups -OCH3 is 1. The lowest BCUT2D eigenvalue weighted by Gasteiger charge is -2.47. The SMILES string of the molecule is COC1CC(CO)C(OC2CC(COCCS(=O)(=O)c3ccc(CCc4ccc5c(c4O)C(=O)c4ccc(O)c(O)c4C5=O)cc3)C(C)C(O)C2O)C(C)C1O. The molecule has 6 rings (SSSR count). The molecule has 14 nitrogen and oxygen atoms in total. The predicted octanol–water partition coefficient (Wildman–Crippen LogP) is 2.31. The van der Waals surface area contributed by atoms with Crippen LogP contribution in [0.4, 0.5) is 0 Å². The summed E-state index contributed by atoms with van der Waals surface area (Å²) in [6, 6.07) is 11.5. The number of phenolic OH excluding ortho intramolecular Hbond substituents is 3. The van der Waals surface area contributed by atoms with Crippen LogP contribution in [-0.4, -0.2) is 125 Å². The second kappa shape index (κ2) is 16.9. The number of rotatable bonds is 13. The Kier molecular flexibility index (Phi) is 12.6. The van der Waals surface area contributed by atoms with Crippen LogP contribution < -0.4 is 0 Å². The number of aliphatic hydroxyl groups excluding tert-OH is 4. The first-order chi connectivity index (χ1) is 26.6. The maximum Gasteiger partial charge on any atom is 0.198 e. The number of carbonyl (C=O) groups is 2. The second-order valence-corrected chi connectivity index (χ2v) is 17.4. The van der Waals surface area contributed by atoms with E-state index in [0.717, 1.165) is 11.6 Å². The molecule has 2 saturated carbocycles. The summed E-state index contributed by atoms with van der Waals surface area (Å²) in [4.78, 5) is 26.4. The van der Waals surface area contributed by atoms with Gasteiger partial charge in [-0.15, -0.1) is 0 Å². The molecule has 0 aliphatic heterocycles. The number of phenols is 3. The van der Waals surface area contributed by atoms with Gasteiger partial charge in [0, 0.05) is 43.3 Å². The fourth-order valence-electron chi connectivity index (χ4n) is 8.39. The van der Waals surface area contributed by atoms with Crippen LogP contribution in [0, 0.1) is 23.7 Å². The summed E-state index contributed by atoms with van der Waals surface area (Å²) in [6.45, 7) is 3.39. The molecule has 7 N–H and O–H groups in total. The molecule has 0 bridgehead atoms. The quantitative estimate of drug-likeness (QED) is 0.0760. The van der Waals surface area contributed by atoms with Gasteiger partial charge in [0.25, 0.3) is 0 Å². The van der Waals surface area contributed by atoms with E-state index >= 15 is 0 Å². The smallest absolute Gasteiger partial charge is 0.198 e. The largest absolute Gasteiger partial charge is 0.507 e. The lowest BCUT2D eigenvalue weighted by atomic mass is 9.74. The molecule has 10 atom stereocenters. The van der Waals surface area contributed by atoms with Gasteiger partial charge in [-0.25, -0.2) is 8.42 Å². The third-order valence-corrected chi connectivity index (χ3v) is 13.7. The Bertz CT molecular complexity index is 2030. The Morgan fingerprint density at radius 3 is 2.00 bits per heavy atom. The van der Waals surface area contributed by atoms with Crippen molar-refractivity contribution in [1.29, 1.82) is 0 Å². The van der Waals surface area contributed by atoms with Crippen molar-refractivity contribution in [1.82, 2.24) is 0 Å². The van der Waals surface area contributed by atoms with Gasteiger partial charge in [0.1, 0.15) is 11.9 Å². The number of aromatic hydroxyl groups is 3. The Hall–Kier alpha value is -3.93. The van der Waals surface area contributed by atoms with Crippen molar-refractivity contribution < 1.29 is 68.0 Å². The van der Waals surface area contributed by atoms with Crippen LogP contribution in [0.5, 0.6) is 17.2 Å². The average Bonchev–Trinajstić information content (AvgIpc) is 3.18. The van der Waals surface area contributed by atoms with Crippen LogP contribution >= 0.6 is 0 Å². The highest BCUT2D eigenvalue weighted by Gasteiger charge is 2.48. The third kappa shape index (κ3) is 7.96. The van der Waals surface area contributed by atoms with Crippen molar-refractivity contribution in [2.75, 3.05) is 32.7 Å². The van der Waals surface area contributed by atoms with E-state index in [1.807, 2.05) is 0 Å². The molecule has 0 saturated heterocycles. The van der Waals surface area contributed by atoms with E-state index in [1.54, 1.807) is 26.0 Å². The molecule has 0 radical (unpaired) electrons. The van der Waals surface area contributed by atoms with Gasteiger partial charge in [-0.05, 0) is 79.0 Å². The number of sulfone groups is 1. The van der Waals surface area contributed by atoms with Gasteiger partial charge in [-0.2, -0.15) is 0 Å². The number of aliphatic hydroxyl groups is 4. The minimum absolute atomic E-state index is 0.0878. The Morgan fingerprint density at radius 2 is 1.36 bits per heavy atom. The second-order valence-electron chi connectivity index (χ2n) is 15.3. The van der Waals surface area contributed by atoms with Crippen molar-refractivity contribution in [3.63, 3.8) is 0 Å². The number of aryl methyl sites for hydroxylation is 2. The molecule has 3 aromatic carbocycles. The first-order valence-corrected chi connectivity index (χ1v) is 20.5. The van der Waals surface area contributed by atoms with E-state index in [2.05, 4.69) is 0 Å². The van der Waals surface area contributed by atoms with E-state index in [-0.39, 0.29) is 82.6 Å². The topological polar surface area (TPSA) is 238 Å². The first-order valence-electron chi connectivity index (χ1n) is 18.8. The highest BCUT2D eigenvalue weighted by atomic mass is 32.2. The van der Waals surface area contributed by atoms with Gasteiger partial charge in [-0.3, -0.25) is 9.59 Å². The fraction of sp³-hybridized carbons (Fsp3) is 0.512. The van der Waals surface area contributed by atoms with Crippen molar-refractivity contribution in [3.05, 3.63) is 81.9 Å². The molecule has 2 fully saturated rings. The van der Waals surface area contributed by atoms with Crippen molar-refractivity contribution >= 4 is 21.4 Å². The molecule has 0 aromatic heterocycles. The van der Waals surface area contributed by atoms with Crippen LogP contribution in [-0.2, 0) is 36.9 Å². The van der Waals surface area contributed by atoms with Gasteiger partial charge in [0.15, 0.2) is 32.9 Å². The molecule has 56 heavy (non-hydrogen) atoms. The zero-order valence-electron chi connectivity index (χ0n) is 31.4. The molecule has 0 spiro atoms. The van der Waals surface area contributed by atoms with Gasteiger partial charge in [-0.1, -0.05) is 32.0 Å². The average molecular weight is 799 g/mol. The van der Waals surface area contributed by atoms with Crippen LogP contribution in [0.3, 0.4) is 0 Å².